The van der Waals surface area contributed by atoms with Crippen molar-refractivity contribution in [3.8, 4) is 0 Å². The van der Waals surface area contributed by atoms with E-state index in [2.05, 4.69) is 26.1 Å². The first kappa shape index (κ1) is 12.1. The highest BCUT2D eigenvalue weighted by atomic mass is 19.1. The molecule has 0 aliphatic heterocycles. The van der Waals surface area contributed by atoms with Crippen molar-refractivity contribution in [2.45, 2.75) is 26.8 Å². The highest BCUT2D eigenvalue weighted by Crippen LogP contribution is 2.29. The lowest BCUT2D eigenvalue weighted by molar-refractivity contribution is 0.354. The van der Waals surface area contributed by atoms with Gasteiger partial charge in [-0.25, -0.2) is 4.39 Å². The quantitative estimate of drug-likeness (QED) is 0.870. The van der Waals surface area contributed by atoms with Crippen molar-refractivity contribution in [3.63, 3.8) is 0 Å². The molecule has 2 rings (SSSR count). The third-order valence-electron chi connectivity index (χ3n) is 2.91. The van der Waals surface area contributed by atoms with Crippen LogP contribution in [0.3, 0.4) is 0 Å². The van der Waals surface area contributed by atoms with Crippen LogP contribution in [0.4, 0.5) is 4.39 Å². The molecule has 0 fully saturated rings. The highest BCUT2D eigenvalue weighted by Gasteiger charge is 2.19. The molecule has 92 valence electrons. The molecule has 0 aliphatic carbocycles. The Morgan fingerprint density at radius 2 is 2.12 bits per heavy atom. The number of hydrogen-bond acceptors (Lipinski definition) is 2. The summed E-state index contributed by atoms with van der Waals surface area (Å²) in [5.41, 5.74) is 0.353. The lowest BCUT2D eigenvalue weighted by Crippen LogP contribution is -2.24. The van der Waals surface area contributed by atoms with Crippen LogP contribution in [0.2, 0.25) is 0 Å². The summed E-state index contributed by atoms with van der Waals surface area (Å²) >= 11 is 0. The molecule has 2 aromatic rings. The zero-order valence-electron chi connectivity index (χ0n) is 10.5. The van der Waals surface area contributed by atoms with Gasteiger partial charge in [-0.3, -0.25) is 0 Å². The van der Waals surface area contributed by atoms with Gasteiger partial charge in [0.1, 0.15) is 5.76 Å². The third kappa shape index (κ3) is 2.34. The fourth-order valence-electron chi connectivity index (χ4n) is 2.09. The molecule has 0 saturated carbocycles. The van der Waals surface area contributed by atoms with Gasteiger partial charge < -0.3 is 9.73 Å². The maximum absolute atomic E-state index is 13.5. The van der Waals surface area contributed by atoms with E-state index >= 15 is 0 Å². The molecule has 1 aromatic heterocycles. The first-order valence-corrected chi connectivity index (χ1v) is 6.04. The predicted octanol–water partition coefficient (Wildman–Crippen LogP) is 3.88. The molecule has 1 aromatic carbocycles. The summed E-state index contributed by atoms with van der Waals surface area (Å²) in [7, 11) is 0. The topological polar surface area (TPSA) is 25.2 Å². The molecule has 3 heteroatoms. The maximum Gasteiger partial charge on any atom is 0.169 e. The molecule has 17 heavy (non-hydrogen) atoms. The molecule has 0 amide bonds. The van der Waals surface area contributed by atoms with Gasteiger partial charge in [-0.2, -0.15) is 0 Å². The smallest absolute Gasteiger partial charge is 0.169 e. The van der Waals surface area contributed by atoms with Gasteiger partial charge in [-0.1, -0.05) is 32.9 Å². The summed E-state index contributed by atoms with van der Waals surface area (Å²) in [6.07, 6.45) is 0. The van der Waals surface area contributed by atoms with E-state index in [1.807, 2.05) is 12.1 Å². The zero-order chi connectivity index (χ0) is 12.4. The standard InChI is InChI=1S/C14H18FNO/c1-4-16-13(9(2)3)12-8-10-6-5-7-11(15)14(10)17-12/h5-9,13,16H,4H2,1-3H3. The van der Waals surface area contributed by atoms with Gasteiger partial charge in [0.2, 0.25) is 0 Å². The van der Waals surface area contributed by atoms with Gasteiger partial charge in [-0.15, -0.1) is 0 Å². The van der Waals surface area contributed by atoms with E-state index in [1.165, 1.54) is 6.07 Å². The molecule has 1 heterocycles. The van der Waals surface area contributed by atoms with Crippen molar-refractivity contribution < 1.29 is 8.81 Å². The lowest BCUT2D eigenvalue weighted by atomic mass is 10.0. The fourth-order valence-corrected chi connectivity index (χ4v) is 2.09. The molecule has 1 N–H and O–H groups in total. The summed E-state index contributed by atoms with van der Waals surface area (Å²) in [4.78, 5) is 0. The van der Waals surface area contributed by atoms with Crippen LogP contribution in [-0.2, 0) is 0 Å². The second kappa shape index (κ2) is 4.88. The third-order valence-corrected chi connectivity index (χ3v) is 2.91. The van der Waals surface area contributed by atoms with Gasteiger partial charge >= 0.3 is 0 Å². The van der Waals surface area contributed by atoms with E-state index < -0.39 is 0 Å². The maximum atomic E-state index is 13.5. The molecule has 1 unspecified atom stereocenters. The number of nitrogens with one attached hydrogen (secondary N) is 1. The van der Waals surface area contributed by atoms with Crippen LogP contribution in [0.5, 0.6) is 0 Å². The van der Waals surface area contributed by atoms with Crippen molar-refractivity contribution in [1.29, 1.82) is 0 Å². The van der Waals surface area contributed by atoms with Crippen LogP contribution in [0.25, 0.3) is 11.0 Å². The number of para-hydroxylation sites is 1. The van der Waals surface area contributed by atoms with Crippen molar-refractivity contribution in [2.75, 3.05) is 6.54 Å². The van der Waals surface area contributed by atoms with Crippen molar-refractivity contribution >= 4 is 11.0 Å². The molecule has 1 atom stereocenters. The second-order valence-corrected chi connectivity index (χ2v) is 4.59. The second-order valence-electron chi connectivity index (χ2n) is 4.59. The van der Waals surface area contributed by atoms with Crippen LogP contribution in [0.1, 0.15) is 32.6 Å². The van der Waals surface area contributed by atoms with E-state index in [-0.39, 0.29) is 11.9 Å². The predicted molar refractivity (Wildman–Crippen MR) is 67.4 cm³/mol. The number of rotatable bonds is 4. The van der Waals surface area contributed by atoms with E-state index in [0.29, 0.717) is 11.5 Å². The minimum Gasteiger partial charge on any atom is -0.456 e. The number of fused-ring (bicyclic) bond motifs is 1. The Bertz CT molecular complexity index is 504. The van der Waals surface area contributed by atoms with Gasteiger partial charge in [-0.05, 0) is 24.6 Å². The fraction of sp³-hybridized carbons (Fsp3) is 0.429. The molecular weight excluding hydrogens is 217 g/mol. The first-order chi connectivity index (χ1) is 8.13. The average Bonchev–Trinajstić information content (AvgIpc) is 2.70. The van der Waals surface area contributed by atoms with Crippen molar-refractivity contribution in [3.05, 3.63) is 35.8 Å². The summed E-state index contributed by atoms with van der Waals surface area (Å²) in [6, 6.07) is 7.05. The van der Waals surface area contributed by atoms with Crippen molar-refractivity contribution in [2.24, 2.45) is 5.92 Å². The average molecular weight is 235 g/mol. The zero-order valence-corrected chi connectivity index (χ0v) is 10.5. The number of halogens is 1. The van der Waals surface area contributed by atoms with Gasteiger partial charge in [0.15, 0.2) is 11.4 Å². The van der Waals surface area contributed by atoms with E-state index in [1.54, 1.807) is 6.07 Å². The Morgan fingerprint density at radius 1 is 1.35 bits per heavy atom. The van der Waals surface area contributed by atoms with Crippen LogP contribution < -0.4 is 5.32 Å². The highest BCUT2D eigenvalue weighted by molar-refractivity contribution is 5.78. The van der Waals surface area contributed by atoms with Gasteiger partial charge in [0, 0.05) is 5.39 Å². The number of hydrogen-bond donors (Lipinski definition) is 1. The first-order valence-electron chi connectivity index (χ1n) is 6.04. The number of benzene rings is 1. The SMILES string of the molecule is CCNC(c1cc2cccc(F)c2o1)C(C)C. The van der Waals surface area contributed by atoms with E-state index in [4.69, 9.17) is 4.42 Å². The lowest BCUT2D eigenvalue weighted by Gasteiger charge is -2.18. The molecule has 0 saturated heterocycles. The molecule has 0 radical (unpaired) electrons. The normalized spacial score (nSPS) is 13.5. The van der Waals surface area contributed by atoms with Gasteiger partial charge in [0.25, 0.3) is 0 Å². The Kier molecular flexibility index (Phi) is 3.48. The van der Waals surface area contributed by atoms with Crippen LogP contribution in [-0.4, -0.2) is 6.54 Å². The van der Waals surface area contributed by atoms with Crippen LogP contribution in [0.15, 0.2) is 28.7 Å². The minimum absolute atomic E-state index is 0.131. The molecule has 0 bridgehead atoms. The Morgan fingerprint density at radius 3 is 2.71 bits per heavy atom. The Balaban J connectivity index is 2.44. The molecule has 0 spiro atoms. The Hall–Kier alpha value is -1.35. The summed E-state index contributed by atoms with van der Waals surface area (Å²) < 4.78 is 19.2. The van der Waals surface area contributed by atoms with Gasteiger partial charge in [0.05, 0.1) is 6.04 Å². The number of furan rings is 1. The molecule has 2 nitrogen and oxygen atoms in total. The van der Waals surface area contributed by atoms with E-state index in [9.17, 15) is 4.39 Å². The monoisotopic (exact) mass is 235 g/mol. The largest absolute Gasteiger partial charge is 0.456 e. The van der Waals surface area contributed by atoms with E-state index in [0.717, 1.165) is 17.7 Å². The molecular formula is C14H18FNO. The molecule has 0 aliphatic rings. The Labute approximate surface area is 101 Å². The summed E-state index contributed by atoms with van der Waals surface area (Å²) in [5.74, 6) is 0.910. The van der Waals surface area contributed by atoms with Crippen molar-refractivity contribution in [1.82, 2.24) is 5.32 Å². The van der Waals surface area contributed by atoms with Crippen LogP contribution >= 0.6 is 0 Å². The summed E-state index contributed by atoms with van der Waals surface area (Å²) in [6.45, 7) is 7.16. The van der Waals surface area contributed by atoms with Crippen LogP contribution in [0, 0.1) is 11.7 Å². The minimum atomic E-state index is -0.298. The summed E-state index contributed by atoms with van der Waals surface area (Å²) in [5, 5.41) is 4.19.